The van der Waals surface area contributed by atoms with Crippen LogP contribution in [0.3, 0.4) is 0 Å². The van der Waals surface area contributed by atoms with Gasteiger partial charge in [0.2, 0.25) is 0 Å². The summed E-state index contributed by atoms with van der Waals surface area (Å²) in [5.41, 5.74) is 4.81. The van der Waals surface area contributed by atoms with E-state index in [0.717, 1.165) is 36.2 Å². The first-order valence-electron chi connectivity index (χ1n) is 9.84. The fourth-order valence-electron chi connectivity index (χ4n) is 4.03. The largest absolute Gasteiger partial charge is 0.258 e. The van der Waals surface area contributed by atoms with Crippen LogP contribution >= 0.6 is 39.1 Å². The van der Waals surface area contributed by atoms with Gasteiger partial charge < -0.3 is 0 Å². The Balaban J connectivity index is 1.83. The molecular formula is C22H24BrCl2N3. The van der Waals surface area contributed by atoms with E-state index < -0.39 is 0 Å². The number of nitrogens with zero attached hydrogens (tertiary/aromatic N) is 3. The van der Waals surface area contributed by atoms with Crippen LogP contribution in [0, 0.1) is 0 Å². The van der Waals surface area contributed by atoms with Crippen LogP contribution < -0.4 is 5.01 Å². The minimum Gasteiger partial charge on any atom is -0.258 e. The second-order valence-corrected chi connectivity index (χ2v) is 9.02. The number of hydrazine groups is 2. The first-order valence-corrected chi connectivity index (χ1v) is 11.4. The first kappa shape index (κ1) is 20.2. The number of hydrogen-bond acceptors (Lipinski definition) is 3. The number of halogens is 3. The lowest BCUT2D eigenvalue weighted by molar-refractivity contribution is -0.0252. The lowest BCUT2D eigenvalue weighted by Crippen LogP contribution is -2.52. The zero-order valence-corrected chi connectivity index (χ0v) is 19.1. The molecule has 3 nitrogen and oxygen atoms in total. The highest BCUT2D eigenvalue weighted by Crippen LogP contribution is 2.42. The topological polar surface area (TPSA) is 9.72 Å². The highest BCUT2D eigenvalue weighted by molar-refractivity contribution is 9.10. The molecule has 0 N–H and O–H groups in total. The Hall–Kier alpha value is -1.04. The van der Waals surface area contributed by atoms with Crippen molar-refractivity contribution in [1.82, 2.24) is 10.1 Å². The third-order valence-electron chi connectivity index (χ3n) is 5.45. The predicted molar refractivity (Wildman–Crippen MR) is 122 cm³/mol. The fraction of sp³-hybridized carbons (Fsp3) is 0.364. The van der Waals surface area contributed by atoms with Crippen LogP contribution in [-0.4, -0.2) is 29.8 Å². The summed E-state index contributed by atoms with van der Waals surface area (Å²) in [5.74, 6) is 0. The molecule has 0 spiro atoms. The molecule has 6 heteroatoms. The van der Waals surface area contributed by atoms with Crippen molar-refractivity contribution in [3.63, 3.8) is 0 Å². The van der Waals surface area contributed by atoms with Gasteiger partial charge in [0.15, 0.2) is 0 Å². The fourth-order valence-corrected chi connectivity index (χ4v) is 4.78. The summed E-state index contributed by atoms with van der Waals surface area (Å²) in [6.07, 6.45) is 4.76. The predicted octanol–water partition coefficient (Wildman–Crippen LogP) is 7.02. The molecule has 2 aromatic rings. The van der Waals surface area contributed by atoms with Gasteiger partial charge in [-0.3, -0.25) is 5.01 Å². The quantitative estimate of drug-likeness (QED) is 0.465. The van der Waals surface area contributed by atoms with Gasteiger partial charge in [-0.15, -0.1) is 5.12 Å². The molecule has 2 aromatic carbocycles. The van der Waals surface area contributed by atoms with Crippen molar-refractivity contribution in [1.29, 1.82) is 0 Å². The average Bonchev–Trinajstić information content (AvgIpc) is 3.09. The summed E-state index contributed by atoms with van der Waals surface area (Å²) >= 11 is 16.4. The van der Waals surface area contributed by atoms with Crippen LogP contribution in [0.15, 0.2) is 52.5 Å². The van der Waals surface area contributed by atoms with E-state index in [-0.39, 0.29) is 0 Å². The van der Waals surface area contributed by atoms with Gasteiger partial charge in [-0.25, -0.2) is 5.01 Å². The van der Waals surface area contributed by atoms with Gasteiger partial charge >= 0.3 is 0 Å². The Morgan fingerprint density at radius 1 is 0.964 bits per heavy atom. The lowest BCUT2D eigenvalue weighted by atomic mass is 10.0. The molecule has 1 saturated heterocycles. The molecule has 28 heavy (non-hydrogen) atoms. The molecule has 0 bridgehead atoms. The number of rotatable bonds is 4. The van der Waals surface area contributed by atoms with E-state index in [1.54, 1.807) is 0 Å². The molecule has 1 fully saturated rings. The number of hydrogen-bond donors (Lipinski definition) is 0. The van der Waals surface area contributed by atoms with Gasteiger partial charge in [0.25, 0.3) is 0 Å². The summed E-state index contributed by atoms with van der Waals surface area (Å²) in [4.78, 5) is 0. The van der Waals surface area contributed by atoms with Crippen molar-refractivity contribution in [2.45, 2.75) is 32.6 Å². The van der Waals surface area contributed by atoms with Crippen LogP contribution in [0.25, 0.3) is 5.70 Å². The number of anilines is 1. The molecular weight excluding hydrogens is 457 g/mol. The molecule has 0 unspecified atom stereocenters. The highest BCUT2D eigenvalue weighted by Gasteiger charge is 2.36. The minimum absolute atomic E-state index is 0.655. The lowest BCUT2D eigenvalue weighted by Gasteiger charge is -2.42. The summed E-state index contributed by atoms with van der Waals surface area (Å²) < 4.78 is 1.08. The molecule has 0 atom stereocenters. The van der Waals surface area contributed by atoms with E-state index >= 15 is 0 Å². The van der Waals surface area contributed by atoms with Gasteiger partial charge in [-0.2, -0.15) is 0 Å². The Labute approximate surface area is 185 Å². The molecule has 2 heterocycles. The zero-order valence-electron chi connectivity index (χ0n) is 16.0. The Kier molecular flexibility index (Phi) is 6.34. The third kappa shape index (κ3) is 3.99. The van der Waals surface area contributed by atoms with Gasteiger partial charge in [0.1, 0.15) is 0 Å². The van der Waals surface area contributed by atoms with Crippen molar-refractivity contribution < 1.29 is 0 Å². The average molecular weight is 481 g/mol. The smallest absolute Gasteiger partial charge is 0.0781 e. The SMILES string of the molecule is CCC1=C(c2ccc(Br)cc2)N(c2ccc(Cl)cc2Cl)N(N2CCCCC2)C1. The summed E-state index contributed by atoms with van der Waals surface area (Å²) in [5, 5.41) is 8.47. The van der Waals surface area contributed by atoms with E-state index in [1.165, 1.54) is 36.1 Å². The standard InChI is InChI=1S/C22H24BrCl2N3/c1-2-16-15-27(26-12-4-3-5-13-26)28(21-11-10-19(24)14-20(21)25)22(16)17-6-8-18(23)9-7-17/h6-11,14H,2-5,12-13,15H2,1H3. The monoisotopic (exact) mass is 479 g/mol. The Bertz CT molecular complexity index is 876. The van der Waals surface area contributed by atoms with Crippen molar-refractivity contribution >= 4 is 50.5 Å². The van der Waals surface area contributed by atoms with E-state index in [4.69, 9.17) is 23.2 Å². The minimum atomic E-state index is 0.655. The maximum Gasteiger partial charge on any atom is 0.0781 e. The van der Waals surface area contributed by atoms with Crippen LogP contribution in [-0.2, 0) is 0 Å². The highest BCUT2D eigenvalue weighted by atomic mass is 79.9. The van der Waals surface area contributed by atoms with Crippen LogP contribution in [0.1, 0.15) is 38.2 Å². The van der Waals surface area contributed by atoms with Crippen molar-refractivity contribution in [2.75, 3.05) is 24.6 Å². The van der Waals surface area contributed by atoms with Crippen molar-refractivity contribution in [3.8, 4) is 0 Å². The summed E-state index contributed by atoms with van der Waals surface area (Å²) in [6.45, 7) is 5.27. The molecule has 0 amide bonds. The number of piperidine rings is 1. The van der Waals surface area contributed by atoms with E-state index in [2.05, 4.69) is 62.3 Å². The van der Waals surface area contributed by atoms with Crippen LogP contribution in [0.4, 0.5) is 5.69 Å². The maximum absolute atomic E-state index is 6.68. The zero-order chi connectivity index (χ0) is 19.7. The van der Waals surface area contributed by atoms with Crippen molar-refractivity contribution in [3.05, 3.63) is 68.1 Å². The normalized spacial score (nSPS) is 18.9. The number of benzene rings is 2. The Morgan fingerprint density at radius 2 is 1.68 bits per heavy atom. The van der Waals surface area contributed by atoms with Gasteiger partial charge in [-0.05, 0) is 60.7 Å². The second kappa shape index (κ2) is 8.76. The molecule has 0 radical (unpaired) electrons. The van der Waals surface area contributed by atoms with Gasteiger partial charge in [-0.1, -0.05) is 64.6 Å². The van der Waals surface area contributed by atoms with E-state index in [9.17, 15) is 0 Å². The summed E-state index contributed by atoms with van der Waals surface area (Å²) in [7, 11) is 0. The van der Waals surface area contributed by atoms with Gasteiger partial charge in [0.05, 0.1) is 23.0 Å². The van der Waals surface area contributed by atoms with E-state index in [0.29, 0.717) is 10.0 Å². The van der Waals surface area contributed by atoms with Gasteiger partial charge in [0, 0.05) is 22.6 Å². The van der Waals surface area contributed by atoms with Crippen LogP contribution in [0.5, 0.6) is 0 Å². The molecule has 0 aromatic heterocycles. The molecule has 4 rings (SSSR count). The maximum atomic E-state index is 6.68. The molecule has 2 aliphatic heterocycles. The molecule has 2 aliphatic rings. The molecule has 0 aliphatic carbocycles. The molecule has 148 valence electrons. The molecule has 0 saturated carbocycles. The summed E-state index contributed by atoms with van der Waals surface area (Å²) in [6, 6.07) is 14.3. The third-order valence-corrected chi connectivity index (χ3v) is 6.52. The van der Waals surface area contributed by atoms with Crippen LogP contribution in [0.2, 0.25) is 10.0 Å². The second-order valence-electron chi connectivity index (χ2n) is 7.26. The first-order chi connectivity index (χ1) is 13.6. The Morgan fingerprint density at radius 3 is 2.32 bits per heavy atom. The van der Waals surface area contributed by atoms with Crippen molar-refractivity contribution in [2.24, 2.45) is 0 Å². The van der Waals surface area contributed by atoms with E-state index in [1.807, 2.05) is 18.2 Å².